The number of benzene rings is 1. The lowest BCUT2D eigenvalue weighted by Gasteiger charge is -2.23. The molecule has 1 aliphatic heterocycles. The number of amides is 1. The van der Waals surface area contributed by atoms with Gasteiger partial charge >= 0.3 is 0 Å². The van der Waals surface area contributed by atoms with Gasteiger partial charge in [-0.25, -0.2) is 9.67 Å². The van der Waals surface area contributed by atoms with Crippen LogP contribution in [0.5, 0.6) is 11.6 Å². The number of nitrogens with one attached hydrogen (secondary N) is 1. The van der Waals surface area contributed by atoms with Crippen LogP contribution in [0.25, 0.3) is 11.0 Å². The molecular formula is C23H28N4O4. The van der Waals surface area contributed by atoms with Crippen molar-refractivity contribution < 1.29 is 19.0 Å². The van der Waals surface area contributed by atoms with Crippen LogP contribution >= 0.6 is 0 Å². The monoisotopic (exact) mass is 424 g/mol. The molecule has 1 aromatic carbocycles. The zero-order valence-electron chi connectivity index (χ0n) is 18.2. The Balaban J connectivity index is 1.39. The van der Waals surface area contributed by atoms with E-state index in [2.05, 4.69) is 15.4 Å². The van der Waals surface area contributed by atoms with Gasteiger partial charge in [-0.05, 0) is 56.9 Å². The molecule has 8 nitrogen and oxygen atoms in total. The van der Waals surface area contributed by atoms with Crippen molar-refractivity contribution in [2.75, 3.05) is 25.1 Å². The van der Waals surface area contributed by atoms with Crippen LogP contribution in [0.1, 0.15) is 30.5 Å². The number of fused-ring (bicyclic) bond motifs is 1. The highest BCUT2D eigenvalue weighted by Crippen LogP contribution is 2.28. The Kier molecular flexibility index (Phi) is 6.36. The van der Waals surface area contributed by atoms with E-state index >= 15 is 0 Å². The van der Waals surface area contributed by atoms with Gasteiger partial charge in [0.25, 0.3) is 5.91 Å². The molecule has 0 radical (unpaired) electrons. The van der Waals surface area contributed by atoms with Gasteiger partial charge < -0.3 is 19.5 Å². The van der Waals surface area contributed by atoms with Crippen LogP contribution in [-0.4, -0.2) is 46.6 Å². The summed E-state index contributed by atoms with van der Waals surface area (Å²) >= 11 is 0. The zero-order valence-corrected chi connectivity index (χ0v) is 18.2. The lowest BCUT2D eigenvalue weighted by atomic mass is 10.1. The molecule has 1 aliphatic rings. The summed E-state index contributed by atoms with van der Waals surface area (Å²) < 4.78 is 19.1. The van der Waals surface area contributed by atoms with Crippen molar-refractivity contribution in [3.8, 4) is 11.6 Å². The second-order valence-electron chi connectivity index (χ2n) is 7.84. The van der Waals surface area contributed by atoms with Gasteiger partial charge in [0.1, 0.15) is 12.4 Å². The Morgan fingerprint density at radius 3 is 2.90 bits per heavy atom. The average Bonchev–Trinajstić information content (AvgIpc) is 3.08. The fraction of sp³-hybridized carbons (Fsp3) is 0.435. The fourth-order valence-electron chi connectivity index (χ4n) is 3.79. The van der Waals surface area contributed by atoms with E-state index in [1.165, 1.54) is 0 Å². The van der Waals surface area contributed by atoms with Gasteiger partial charge in [0, 0.05) is 19.3 Å². The molecule has 4 rings (SSSR count). The van der Waals surface area contributed by atoms with Crippen LogP contribution in [0.15, 0.2) is 30.3 Å². The first-order valence-electron chi connectivity index (χ1n) is 10.6. The minimum absolute atomic E-state index is 0.0961. The molecule has 3 heterocycles. The maximum Gasteiger partial charge on any atom is 0.262 e. The van der Waals surface area contributed by atoms with Crippen LogP contribution in [0.3, 0.4) is 0 Å². The number of hydrogen-bond acceptors (Lipinski definition) is 6. The number of pyridine rings is 1. The maximum atomic E-state index is 12.6. The second-order valence-corrected chi connectivity index (χ2v) is 7.84. The molecule has 1 saturated heterocycles. The quantitative estimate of drug-likeness (QED) is 0.624. The molecule has 0 aliphatic carbocycles. The number of carbonyl (C=O) groups excluding carboxylic acids is 1. The van der Waals surface area contributed by atoms with Crippen molar-refractivity contribution in [3.05, 3.63) is 41.6 Å². The summed E-state index contributed by atoms with van der Waals surface area (Å²) in [6, 6.07) is 9.34. The number of aromatic nitrogens is 3. The first kappa shape index (κ1) is 21.1. The van der Waals surface area contributed by atoms with Gasteiger partial charge in [-0.15, -0.1) is 5.10 Å². The van der Waals surface area contributed by atoms with Crippen LogP contribution in [0, 0.1) is 13.8 Å². The molecule has 2 aromatic heterocycles. The molecular weight excluding hydrogens is 396 g/mol. The van der Waals surface area contributed by atoms with Crippen LogP contribution in [-0.2, 0) is 16.6 Å². The number of ether oxygens (including phenoxy) is 3. The molecule has 164 valence electrons. The molecule has 0 bridgehead atoms. The number of rotatable bonds is 7. The summed E-state index contributed by atoms with van der Waals surface area (Å²) in [5.74, 6) is 0.724. The number of aryl methyl sites for hydroxylation is 3. The van der Waals surface area contributed by atoms with Gasteiger partial charge in [0.2, 0.25) is 5.88 Å². The van der Waals surface area contributed by atoms with Gasteiger partial charge in [-0.2, -0.15) is 0 Å². The van der Waals surface area contributed by atoms with Gasteiger partial charge in [0.05, 0.1) is 17.2 Å². The third kappa shape index (κ3) is 4.96. The third-order valence-electron chi connectivity index (χ3n) is 5.29. The Bertz CT molecular complexity index is 1070. The van der Waals surface area contributed by atoms with E-state index in [0.717, 1.165) is 48.2 Å². The molecule has 1 amide bonds. The molecule has 1 fully saturated rings. The number of hydrogen-bond donors (Lipinski definition) is 1. The summed E-state index contributed by atoms with van der Waals surface area (Å²) in [5.41, 5.74) is 3.25. The van der Waals surface area contributed by atoms with Crippen LogP contribution in [0.2, 0.25) is 0 Å². The largest absolute Gasteiger partial charge is 0.489 e. The van der Waals surface area contributed by atoms with Gasteiger partial charge in [-0.3, -0.25) is 4.79 Å². The van der Waals surface area contributed by atoms with Crippen molar-refractivity contribution in [1.29, 1.82) is 0 Å². The minimum atomic E-state index is -0.290. The topological polar surface area (TPSA) is 87.5 Å². The first-order chi connectivity index (χ1) is 15.0. The fourth-order valence-corrected chi connectivity index (χ4v) is 3.79. The van der Waals surface area contributed by atoms with E-state index in [4.69, 9.17) is 14.2 Å². The maximum absolute atomic E-state index is 12.6. The van der Waals surface area contributed by atoms with Crippen molar-refractivity contribution in [2.24, 2.45) is 7.05 Å². The summed E-state index contributed by atoms with van der Waals surface area (Å²) in [7, 11) is 1.81. The Morgan fingerprint density at radius 2 is 2.10 bits per heavy atom. The summed E-state index contributed by atoms with van der Waals surface area (Å²) in [6.45, 7) is 5.00. The van der Waals surface area contributed by atoms with Crippen LogP contribution in [0.4, 0.5) is 5.69 Å². The molecule has 1 atom stereocenters. The molecule has 31 heavy (non-hydrogen) atoms. The molecule has 1 N–H and O–H groups in total. The molecule has 1 unspecified atom stereocenters. The van der Waals surface area contributed by atoms with Crippen molar-refractivity contribution in [3.63, 3.8) is 0 Å². The number of anilines is 1. The number of carbonyl (C=O) groups is 1. The van der Waals surface area contributed by atoms with E-state index in [1.54, 1.807) is 4.68 Å². The lowest BCUT2D eigenvalue weighted by Crippen LogP contribution is -2.26. The normalized spacial score (nSPS) is 16.3. The van der Waals surface area contributed by atoms with Crippen molar-refractivity contribution >= 4 is 22.6 Å². The predicted octanol–water partition coefficient (Wildman–Crippen LogP) is 3.55. The van der Waals surface area contributed by atoms with E-state index in [-0.39, 0.29) is 18.6 Å². The van der Waals surface area contributed by atoms with Crippen molar-refractivity contribution in [2.45, 2.75) is 39.2 Å². The highest BCUT2D eigenvalue weighted by molar-refractivity contribution is 5.93. The van der Waals surface area contributed by atoms with E-state index in [9.17, 15) is 4.79 Å². The third-order valence-corrected chi connectivity index (χ3v) is 5.29. The Morgan fingerprint density at radius 1 is 1.26 bits per heavy atom. The highest BCUT2D eigenvalue weighted by atomic mass is 16.5. The molecule has 8 heteroatoms. The van der Waals surface area contributed by atoms with E-state index < -0.39 is 0 Å². The average molecular weight is 425 g/mol. The predicted molar refractivity (Wildman–Crippen MR) is 118 cm³/mol. The van der Waals surface area contributed by atoms with E-state index in [1.807, 2.05) is 51.2 Å². The standard InChI is InChI=1S/C23H28N4O4/c1-15-12-16(2)24-22-21(15)23(26-27(22)3)31-14-20(28)25-18-9-4-5-10-19(18)30-13-17-8-6-7-11-29-17/h4-5,9-10,12,17H,6-8,11,13-14H2,1-3H3,(H,25,28). The minimum Gasteiger partial charge on any atom is -0.489 e. The highest BCUT2D eigenvalue weighted by Gasteiger charge is 2.18. The van der Waals surface area contributed by atoms with Gasteiger partial charge in [0.15, 0.2) is 12.3 Å². The summed E-state index contributed by atoms with van der Waals surface area (Å²) in [4.78, 5) is 17.1. The van der Waals surface area contributed by atoms with Crippen molar-refractivity contribution in [1.82, 2.24) is 14.8 Å². The Hall–Kier alpha value is -3.13. The van der Waals surface area contributed by atoms with E-state index in [0.29, 0.717) is 23.9 Å². The zero-order chi connectivity index (χ0) is 21.8. The Labute approximate surface area is 181 Å². The molecule has 0 spiro atoms. The number of nitrogens with zero attached hydrogens (tertiary/aromatic N) is 3. The summed E-state index contributed by atoms with van der Waals surface area (Å²) in [6.07, 6.45) is 3.34. The lowest BCUT2D eigenvalue weighted by molar-refractivity contribution is -0.118. The summed E-state index contributed by atoms with van der Waals surface area (Å²) in [5, 5.41) is 8.07. The molecule has 3 aromatic rings. The molecule has 0 saturated carbocycles. The smallest absolute Gasteiger partial charge is 0.262 e. The van der Waals surface area contributed by atoms with Crippen LogP contribution < -0.4 is 14.8 Å². The SMILES string of the molecule is Cc1cc(C)c2c(OCC(=O)Nc3ccccc3OCC3CCCCO3)nn(C)c2n1. The second kappa shape index (κ2) is 9.34. The van der Waals surface area contributed by atoms with Gasteiger partial charge in [-0.1, -0.05) is 12.1 Å². The first-order valence-corrected chi connectivity index (χ1v) is 10.6. The number of para-hydroxylation sites is 2.